The zero-order chi connectivity index (χ0) is 15.4. The van der Waals surface area contributed by atoms with Crippen LogP contribution in [0.25, 0.3) is 0 Å². The van der Waals surface area contributed by atoms with Crippen molar-refractivity contribution in [3.63, 3.8) is 0 Å². The van der Waals surface area contributed by atoms with E-state index in [4.69, 9.17) is 15.2 Å². The standard InChI is InChI=1S/C15H20N2O4/c1-3-21-14(19)9-17-8-10(7-13(18)20-2)15-11(16)5-4-6-12(15)17/h4-6,10H,3,7-9,16H2,1-2H3. The maximum Gasteiger partial charge on any atom is 0.325 e. The van der Waals surface area contributed by atoms with Crippen LogP contribution in [-0.2, 0) is 19.1 Å². The van der Waals surface area contributed by atoms with Gasteiger partial charge in [-0.2, -0.15) is 0 Å². The number of hydrogen-bond donors (Lipinski definition) is 1. The Morgan fingerprint density at radius 1 is 1.38 bits per heavy atom. The predicted molar refractivity (Wildman–Crippen MR) is 79.1 cm³/mol. The minimum absolute atomic E-state index is 0.0666. The van der Waals surface area contributed by atoms with Gasteiger partial charge in [-0.15, -0.1) is 0 Å². The summed E-state index contributed by atoms with van der Waals surface area (Å²) in [6, 6.07) is 5.55. The van der Waals surface area contributed by atoms with Crippen molar-refractivity contribution < 1.29 is 19.1 Å². The number of nitrogens with two attached hydrogens (primary N) is 1. The highest BCUT2D eigenvalue weighted by Gasteiger charge is 2.33. The fourth-order valence-electron chi connectivity index (χ4n) is 2.71. The van der Waals surface area contributed by atoms with Crippen molar-refractivity contribution in [1.29, 1.82) is 0 Å². The third-order valence-corrected chi connectivity index (χ3v) is 3.57. The quantitative estimate of drug-likeness (QED) is 0.650. The average Bonchev–Trinajstić information content (AvgIpc) is 2.78. The minimum Gasteiger partial charge on any atom is -0.469 e. The number of nitrogens with zero attached hydrogens (tertiary/aromatic N) is 1. The largest absolute Gasteiger partial charge is 0.469 e. The van der Waals surface area contributed by atoms with Gasteiger partial charge in [-0.3, -0.25) is 9.59 Å². The number of fused-ring (bicyclic) bond motifs is 1. The van der Waals surface area contributed by atoms with Crippen molar-refractivity contribution in [3.05, 3.63) is 23.8 Å². The molecular weight excluding hydrogens is 272 g/mol. The fourth-order valence-corrected chi connectivity index (χ4v) is 2.71. The van der Waals surface area contributed by atoms with Crippen LogP contribution in [0.15, 0.2) is 18.2 Å². The zero-order valence-corrected chi connectivity index (χ0v) is 12.3. The van der Waals surface area contributed by atoms with Gasteiger partial charge in [-0.1, -0.05) is 6.07 Å². The summed E-state index contributed by atoms with van der Waals surface area (Å²) in [5, 5.41) is 0. The summed E-state index contributed by atoms with van der Waals surface area (Å²) in [5.74, 6) is -0.639. The molecule has 1 unspecified atom stereocenters. The van der Waals surface area contributed by atoms with Crippen molar-refractivity contribution >= 4 is 23.3 Å². The summed E-state index contributed by atoms with van der Waals surface area (Å²) >= 11 is 0. The molecule has 21 heavy (non-hydrogen) atoms. The molecule has 2 N–H and O–H groups in total. The van der Waals surface area contributed by atoms with Crippen LogP contribution < -0.4 is 10.6 Å². The Morgan fingerprint density at radius 3 is 2.81 bits per heavy atom. The lowest BCUT2D eigenvalue weighted by molar-refractivity contribution is -0.141. The molecule has 0 saturated carbocycles. The normalized spacial score (nSPS) is 16.5. The molecule has 1 heterocycles. The molecule has 0 saturated heterocycles. The third kappa shape index (κ3) is 3.26. The lowest BCUT2D eigenvalue weighted by Crippen LogP contribution is -2.30. The second-order valence-corrected chi connectivity index (χ2v) is 4.94. The summed E-state index contributed by atoms with van der Waals surface area (Å²) in [6.45, 7) is 2.83. The first-order valence-electron chi connectivity index (χ1n) is 6.92. The number of carbonyl (C=O) groups excluding carboxylic acids is 2. The van der Waals surface area contributed by atoms with Crippen LogP contribution in [0.5, 0.6) is 0 Å². The Morgan fingerprint density at radius 2 is 2.14 bits per heavy atom. The summed E-state index contributed by atoms with van der Waals surface area (Å²) in [5.41, 5.74) is 8.46. The highest BCUT2D eigenvalue weighted by Crippen LogP contribution is 2.41. The summed E-state index contributed by atoms with van der Waals surface area (Å²) in [7, 11) is 1.36. The molecule has 0 amide bonds. The average molecular weight is 292 g/mol. The molecule has 1 atom stereocenters. The van der Waals surface area contributed by atoms with Crippen molar-refractivity contribution in [1.82, 2.24) is 0 Å². The Bertz CT molecular complexity index is 544. The van der Waals surface area contributed by atoms with Gasteiger partial charge in [0.05, 0.1) is 20.1 Å². The summed E-state index contributed by atoms with van der Waals surface area (Å²) < 4.78 is 9.72. The first-order valence-corrected chi connectivity index (χ1v) is 6.92. The van der Waals surface area contributed by atoms with E-state index in [9.17, 15) is 9.59 Å². The van der Waals surface area contributed by atoms with Gasteiger partial charge in [-0.05, 0) is 19.1 Å². The van der Waals surface area contributed by atoms with Gasteiger partial charge in [0.15, 0.2) is 0 Å². The molecule has 0 aromatic heterocycles. The first kappa shape index (κ1) is 15.2. The van der Waals surface area contributed by atoms with Crippen LogP contribution in [0.3, 0.4) is 0 Å². The Kier molecular flexibility index (Phi) is 4.67. The highest BCUT2D eigenvalue weighted by atomic mass is 16.5. The van der Waals surface area contributed by atoms with Crippen molar-refractivity contribution in [2.45, 2.75) is 19.3 Å². The summed E-state index contributed by atoms with van der Waals surface area (Å²) in [4.78, 5) is 25.1. The number of hydrogen-bond acceptors (Lipinski definition) is 6. The van der Waals surface area contributed by atoms with Crippen LogP contribution in [0.1, 0.15) is 24.8 Å². The maximum atomic E-state index is 11.7. The van der Waals surface area contributed by atoms with E-state index in [0.717, 1.165) is 11.3 Å². The number of esters is 2. The lowest BCUT2D eigenvalue weighted by atomic mass is 9.96. The molecule has 1 aliphatic heterocycles. The van der Waals surface area contributed by atoms with Gasteiger partial charge >= 0.3 is 11.9 Å². The summed E-state index contributed by atoms with van der Waals surface area (Å²) in [6.07, 6.45) is 0.247. The molecule has 114 valence electrons. The van der Waals surface area contributed by atoms with Gasteiger partial charge in [0.2, 0.25) is 0 Å². The molecule has 0 fully saturated rings. The fraction of sp³-hybridized carbons (Fsp3) is 0.467. The molecule has 6 heteroatoms. The van der Waals surface area contributed by atoms with E-state index in [2.05, 4.69) is 0 Å². The smallest absolute Gasteiger partial charge is 0.325 e. The van der Waals surface area contributed by atoms with Crippen molar-refractivity contribution in [2.75, 3.05) is 37.4 Å². The van der Waals surface area contributed by atoms with Gasteiger partial charge in [0.1, 0.15) is 6.54 Å². The number of carbonyl (C=O) groups is 2. The topological polar surface area (TPSA) is 81.9 Å². The minimum atomic E-state index is -0.287. The molecule has 0 radical (unpaired) electrons. The number of benzene rings is 1. The molecule has 1 aliphatic rings. The molecule has 0 aliphatic carbocycles. The Labute approximate surface area is 123 Å². The Balaban J connectivity index is 2.22. The van der Waals surface area contributed by atoms with Gasteiger partial charge in [0, 0.05) is 29.4 Å². The third-order valence-electron chi connectivity index (χ3n) is 3.57. The second-order valence-electron chi connectivity index (χ2n) is 4.94. The van der Waals surface area contributed by atoms with Crippen molar-refractivity contribution in [2.24, 2.45) is 0 Å². The van der Waals surface area contributed by atoms with E-state index in [0.29, 0.717) is 18.8 Å². The van der Waals surface area contributed by atoms with E-state index in [-0.39, 0.29) is 30.8 Å². The monoisotopic (exact) mass is 292 g/mol. The molecule has 1 aromatic carbocycles. The number of ether oxygens (including phenoxy) is 2. The predicted octanol–water partition coefficient (Wildman–Crippen LogP) is 1.30. The molecule has 0 bridgehead atoms. The van der Waals surface area contributed by atoms with Crippen LogP contribution in [0.4, 0.5) is 11.4 Å². The van der Waals surface area contributed by atoms with Crippen LogP contribution in [-0.4, -0.2) is 38.7 Å². The Hall–Kier alpha value is -2.24. The number of rotatable bonds is 5. The van der Waals surface area contributed by atoms with Gasteiger partial charge in [-0.25, -0.2) is 0 Å². The van der Waals surface area contributed by atoms with E-state index in [1.165, 1.54) is 7.11 Å². The van der Waals surface area contributed by atoms with E-state index in [1.54, 1.807) is 13.0 Å². The van der Waals surface area contributed by atoms with Crippen LogP contribution >= 0.6 is 0 Å². The van der Waals surface area contributed by atoms with Crippen LogP contribution in [0, 0.1) is 0 Å². The molecule has 1 aromatic rings. The number of anilines is 2. The number of nitrogen functional groups attached to an aromatic ring is 1. The zero-order valence-electron chi connectivity index (χ0n) is 12.3. The molecule has 2 rings (SSSR count). The maximum absolute atomic E-state index is 11.7. The molecule has 6 nitrogen and oxygen atoms in total. The van der Waals surface area contributed by atoms with E-state index in [1.807, 2.05) is 17.0 Å². The van der Waals surface area contributed by atoms with E-state index < -0.39 is 0 Å². The van der Waals surface area contributed by atoms with Gasteiger partial charge in [0.25, 0.3) is 0 Å². The molecular formula is C15H20N2O4. The molecule has 0 spiro atoms. The van der Waals surface area contributed by atoms with Crippen molar-refractivity contribution in [3.8, 4) is 0 Å². The van der Waals surface area contributed by atoms with Gasteiger partial charge < -0.3 is 20.1 Å². The lowest BCUT2D eigenvalue weighted by Gasteiger charge is -2.18. The SMILES string of the molecule is CCOC(=O)CN1CC(CC(=O)OC)c2c(N)cccc21. The first-order chi connectivity index (χ1) is 10.1. The van der Waals surface area contributed by atoms with E-state index >= 15 is 0 Å². The second kappa shape index (κ2) is 6.47. The van der Waals surface area contributed by atoms with Crippen LogP contribution in [0.2, 0.25) is 0 Å². The number of methoxy groups -OCH3 is 1. The highest BCUT2D eigenvalue weighted by molar-refractivity contribution is 5.81.